The minimum Gasteiger partial charge on any atom is -0.481 e. The number of carbonyl (C=O) groups excluding carboxylic acids is 1. The van der Waals surface area contributed by atoms with Gasteiger partial charge >= 0.3 is 0 Å². The van der Waals surface area contributed by atoms with Gasteiger partial charge < -0.3 is 10.1 Å². The smallest absolute Gasteiger partial charge is 0.234 e. The number of anilines is 1. The summed E-state index contributed by atoms with van der Waals surface area (Å²) in [4.78, 5) is 12.4. The van der Waals surface area contributed by atoms with Crippen molar-refractivity contribution in [1.82, 2.24) is 14.8 Å². The molecule has 1 heterocycles. The van der Waals surface area contributed by atoms with Crippen LogP contribution in [-0.2, 0) is 11.3 Å². The molecule has 1 atom stereocenters. The van der Waals surface area contributed by atoms with E-state index in [1.165, 1.54) is 11.8 Å². The number of halogens is 3. The summed E-state index contributed by atoms with van der Waals surface area (Å²) in [6.45, 7) is 6.11. The fraction of sp³-hybridized carbons (Fsp3) is 0.190. The number of ether oxygens (including phenoxy) is 1. The van der Waals surface area contributed by atoms with Gasteiger partial charge in [0.25, 0.3) is 0 Å². The van der Waals surface area contributed by atoms with Crippen molar-refractivity contribution >= 4 is 58.2 Å². The van der Waals surface area contributed by atoms with E-state index in [1.54, 1.807) is 36.4 Å². The zero-order valence-electron chi connectivity index (χ0n) is 16.5. The Labute approximate surface area is 199 Å². The Kier molecular flexibility index (Phi) is 8.26. The second kappa shape index (κ2) is 10.9. The third kappa shape index (κ3) is 6.40. The Hall–Kier alpha value is -2.19. The number of thioether (sulfide) groups is 1. The van der Waals surface area contributed by atoms with Crippen molar-refractivity contribution in [3.63, 3.8) is 0 Å². The van der Waals surface area contributed by atoms with E-state index in [1.807, 2.05) is 23.6 Å². The first-order valence-electron chi connectivity index (χ1n) is 9.21. The first kappa shape index (κ1) is 23.5. The van der Waals surface area contributed by atoms with Crippen molar-refractivity contribution in [2.75, 3.05) is 11.1 Å². The minimum absolute atomic E-state index is 0.124. The van der Waals surface area contributed by atoms with Crippen LogP contribution in [0.2, 0.25) is 15.1 Å². The summed E-state index contributed by atoms with van der Waals surface area (Å²) < 4.78 is 7.81. The van der Waals surface area contributed by atoms with Gasteiger partial charge in [-0.2, -0.15) is 0 Å². The van der Waals surface area contributed by atoms with E-state index in [9.17, 15) is 4.79 Å². The molecule has 6 nitrogen and oxygen atoms in total. The summed E-state index contributed by atoms with van der Waals surface area (Å²) in [7, 11) is 0. The molecule has 0 radical (unpaired) electrons. The molecule has 1 aromatic heterocycles. The van der Waals surface area contributed by atoms with Crippen LogP contribution >= 0.6 is 46.6 Å². The summed E-state index contributed by atoms with van der Waals surface area (Å²) >= 11 is 19.4. The van der Waals surface area contributed by atoms with E-state index in [-0.39, 0.29) is 11.7 Å². The second-order valence-electron chi connectivity index (χ2n) is 6.43. The lowest BCUT2D eigenvalue weighted by molar-refractivity contribution is -0.113. The molecule has 2 aromatic carbocycles. The number of benzene rings is 2. The van der Waals surface area contributed by atoms with Gasteiger partial charge in [-0.25, -0.2) is 0 Å². The number of aromatic nitrogens is 3. The number of para-hydroxylation sites is 1. The molecule has 0 saturated carbocycles. The molecule has 1 unspecified atom stereocenters. The number of rotatable bonds is 9. The number of carbonyl (C=O) groups is 1. The monoisotopic (exact) mass is 496 g/mol. The number of hydrogen-bond acceptors (Lipinski definition) is 5. The third-order valence-corrected chi connectivity index (χ3v) is 5.76. The number of nitrogens with zero attached hydrogens (tertiary/aromatic N) is 3. The predicted molar refractivity (Wildman–Crippen MR) is 127 cm³/mol. The molecule has 0 aliphatic heterocycles. The van der Waals surface area contributed by atoms with Crippen molar-refractivity contribution in [2.24, 2.45) is 0 Å². The number of hydrogen-bond donors (Lipinski definition) is 1. The summed E-state index contributed by atoms with van der Waals surface area (Å²) in [6.07, 6.45) is 1.32. The summed E-state index contributed by atoms with van der Waals surface area (Å²) in [6, 6.07) is 12.1. The summed E-state index contributed by atoms with van der Waals surface area (Å²) in [5, 5.41) is 13.2. The zero-order chi connectivity index (χ0) is 22.4. The maximum absolute atomic E-state index is 12.4. The highest BCUT2D eigenvalue weighted by Crippen LogP contribution is 2.29. The van der Waals surface area contributed by atoms with Gasteiger partial charge in [-0.05, 0) is 37.3 Å². The molecule has 10 heteroatoms. The molecule has 0 fully saturated rings. The van der Waals surface area contributed by atoms with Crippen LogP contribution in [0.5, 0.6) is 5.75 Å². The Morgan fingerprint density at radius 1 is 1.23 bits per heavy atom. The Bertz CT molecular complexity index is 1070. The number of nitrogens with one attached hydrogen (secondary N) is 1. The van der Waals surface area contributed by atoms with E-state index < -0.39 is 6.10 Å². The SMILES string of the molecule is C=CCn1c(SCC(=O)Nc2cc(Cl)cc(Cl)c2)nnc1C(C)Oc1ccccc1Cl. The van der Waals surface area contributed by atoms with Gasteiger partial charge in [0.15, 0.2) is 17.1 Å². The molecule has 31 heavy (non-hydrogen) atoms. The highest BCUT2D eigenvalue weighted by Gasteiger charge is 2.20. The zero-order valence-corrected chi connectivity index (χ0v) is 19.6. The Morgan fingerprint density at radius 2 is 1.94 bits per heavy atom. The van der Waals surface area contributed by atoms with Crippen molar-refractivity contribution < 1.29 is 9.53 Å². The topological polar surface area (TPSA) is 69.0 Å². The Morgan fingerprint density at radius 3 is 2.61 bits per heavy atom. The van der Waals surface area contributed by atoms with E-state index >= 15 is 0 Å². The van der Waals surface area contributed by atoms with Crippen LogP contribution in [0.4, 0.5) is 5.69 Å². The minimum atomic E-state index is -0.413. The largest absolute Gasteiger partial charge is 0.481 e. The maximum atomic E-state index is 12.4. The first-order chi connectivity index (χ1) is 14.9. The van der Waals surface area contributed by atoms with Gasteiger partial charge in [-0.15, -0.1) is 16.8 Å². The van der Waals surface area contributed by atoms with E-state index in [4.69, 9.17) is 39.5 Å². The highest BCUT2D eigenvalue weighted by molar-refractivity contribution is 7.99. The fourth-order valence-electron chi connectivity index (χ4n) is 2.74. The Balaban J connectivity index is 1.68. The van der Waals surface area contributed by atoms with Crippen molar-refractivity contribution in [3.8, 4) is 5.75 Å². The molecule has 3 aromatic rings. The van der Waals surface area contributed by atoms with Gasteiger partial charge in [0, 0.05) is 22.3 Å². The van der Waals surface area contributed by atoms with Crippen molar-refractivity contribution in [3.05, 3.63) is 76.0 Å². The highest BCUT2D eigenvalue weighted by atomic mass is 35.5. The van der Waals surface area contributed by atoms with Gasteiger partial charge in [0.05, 0.1) is 10.8 Å². The molecule has 0 aliphatic rings. The van der Waals surface area contributed by atoms with Gasteiger partial charge in [0.2, 0.25) is 5.91 Å². The second-order valence-corrected chi connectivity index (χ2v) is 8.65. The lowest BCUT2D eigenvalue weighted by Gasteiger charge is -2.16. The molecule has 1 amide bonds. The van der Waals surface area contributed by atoms with Crippen LogP contribution < -0.4 is 10.1 Å². The van der Waals surface area contributed by atoms with Crippen LogP contribution in [0.25, 0.3) is 0 Å². The van der Waals surface area contributed by atoms with Crippen LogP contribution in [0, 0.1) is 0 Å². The summed E-state index contributed by atoms with van der Waals surface area (Å²) in [5.41, 5.74) is 0.526. The number of amides is 1. The molecular weight excluding hydrogens is 479 g/mol. The van der Waals surface area contributed by atoms with Crippen LogP contribution in [-0.4, -0.2) is 26.4 Å². The molecule has 162 valence electrons. The average Bonchev–Trinajstić information content (AvgIpc) is 3.10. The molecule has 1 N–H and O–H groups in total. The van der Waals surface area contributed by atoms with E-state index in [2.05, 4.69) is 22.1 Å². The van der Waals surface area contributed by atoms with Crippen molar-refractivity contribution in [1.29, 1.82) is 0 Å². The third-order valence-electron chi connectivity index (χ3n) is 4.04. The molecule has 0 saturated heterocycles. The lowest BCUT2D eigenvalue weighted by atomic mass is 10.3. The van der Waals surface area contributed by atoms with Gasteiger partial charge in [-0.1, -0.05) is 64.8 Å². The lowest BCUT2D eigenvalue weighted by Crippen LogP contribution is -2.15. The normalized spacial score (nSPS) is 11.7. The maximum Gasteiger partial charge on any atom is 0.234 e. The van der Waals surface area contributed by atoms with Crippen molar-refractivity contribution in [2.45, 2.75) is 24.7 Å². The van der Waals surface area contributed by atoms with Crippen LogP contribution in [0.3, 0.4) is 0 Å². The average molecular weight is 498 g/mol. The quantitative estimate of drug-likeness (QED) is 0.278. The summed E-state index contributed by atoms with van der Waals surface area (Å²) in [5.74, 6) is 1.06. The van der Waals surface area contributed by atoms with Crippen LogP contribution in [0.15, 0.2) is 60.3 Å². The molecule has 0 spiro atoms. The van der Waals surface area contributed by atoms with Crippen LogP contribution in [0.1, 0.15) is 18.9 Å². The standard InChI is InChI=1S/C21H19Cl3N4O2S/c1-3-8-28-20(13(2)30-18-7-5-4-6-17(18)24)26-27-21(28)31-12-19(29)25-16-10-14(22)9-15(23)11-16/h3-7,9-11,13H,1,8,12H2,2H3,(H,25,29). The molecule has 3 rings (SSSR count). The van der Waals surface area contributed by atoms with E-state index in [0.29, 0.717) is 44.0 Å². The van der Waals surface area contributed by atoms with E-state index in [0.717, 1.165) is 0 Å². The first-order valence-corrected chi connectivity index (χ1v) is 11.3. The van der Waals surface area contributed by atoms with Gasteiger partial charge in [0.1, 0.15) is 5.75 Å². The molecule has 0 bridgehead atoms. The fourth-order valence-corrected chi connectivity index (χ4v) is 4.21. The van der Waals surface area contributed by atoms with Gasteiger partial charge in [-0.3, -0.25) is 9.36 Å². The number of allylic oxidation sites excluding steroid dienone is 1. The molecule has 0 aliphatic carbocycles. The molecular formula is C21H19Cl3N4O2S. The predicted octanol–water partition coefficient (Wildman–Crippen LogP) is 6.30.